The molecular weight excluding hydrogens is 326 g/mol. The van der Waals surface area contributed by atoms with Crippen LogP contribution in [0.3, 0.4) is 0 Å². The summed E-state index contributed by atoms with van der Waals surface area (Å²) in [5, 5.41) is 8.32. The van der Waals surface area contributed by atoms with E-state index < -0.39 is 0 Å². The normalized spacial score (nSPS) is 17.2. The Labute approximate surface area is 146 Å². The van der Waals surface area contributed by atoms with Gasteiger partial charge in [-0.15, -0.1) is 5.10 Å². The molecular formula is C17H22ClN5O. The molecule has 0 saturated carbocycles. The number of likely N-dealkylation sites (N-methyl/N-ethyl adjacent to an activating group) is 1. The third kappa shape index (κ3) is 3.30. The van der Waals surface area contributed by atoms with Gasteiger partial charge >= 0.3 is 0 Å². The van der Waals surface area contributed by atoms with Crippen molar-refractivity contribution in [1.82, 2.24) is 25.0 Å². The zero-order valence-corrected chi connectivity index (χ0v) is 14.8. The molecule has 2 aromatic rings. The molecule has 6 nitrogen and oxygen atoms in total. The highest BCUT2D eigenvalue weighted by molar-refractivity contribution is 6.32. The summed E-state index contributed by atoms with van der Waals surface area (Å²) in [7, 11) is 1.82. The Kier molecular flexibility index (Phi) is 5.16. The number of nitrogens with zero attached hydrogens (tertiary/aromatic N) is 4. The number of carbonyl (C=O) groups is 1. The van der Waals surface area contributed by atoms with Crippen LogP contribution in [-0.4, -0.2) is 51.8 Å². The van der Waals surface area contributed by atoms with E-state index in [4.69, 9.17) is 11.6 Å². The van der Waals surface area contributed by atoms with Crippen LogP contribution in [0.15, 0.2) is 24.3 Å². The van der Waals surface area contributed by atoms with Gasteiger partial charge in [-0.05, 0) is 31.5 Å². The molecule has 1 amide bonds. The van der Waals surface area contributed by atoms with E-state index in [1.54, 1.807) is 9.58 Å². The Balaban J connectivity index is 1.93. The molecule has 3 rings (SSSR count). The Morgan fingerprint density at radius 1 is 1.46 bits per heavy atom. The van der Waals surface area contributed by atoms with Gasteiger partial charge < -0.3 is 10.2 Å². The number of hydrogen-bond donors (Lipinski definition) is 1. The lowest BCUT2D eigenvalue weighted by Gasteiger charge is -2.22. The van der Waals surface area contributed by atoms with E-state index in [1.165, 1.54) is 0 Å². The molecule has 1 N–H and O–H groups in total. The van der Waals surface area contributed by atoms with Gasteiger partial charge in [0.1, 0.15) is 5.82 Å². The maximum atomic E-state index is 12.7. The highest BCUT2D eigenvalue weighted by Crippen LogP contribution is 2.21. The summed E-state index contributed by atoms with van der Waals surface area (Å²) >= 11 is 6.29. The van der Waals surface area contributed by atoms with Crippen molar-refractivity contribution in [1.29, 1.82) is 0 Å². The van der Waals surface area contributed by atoms with Crippen LogP contribution in [0, 0.1) is 0 Å². The maximum Gasteiger partial charge on any atom is 0.293 e. The van der Waals surface area contributed by atoms with E-state index in [0.717, 1.165) is 43.9 Å². The number of rotatable bonds is 5. The number of aryl methyl sites for hydroxylation is 1. The summed E-state index contributed by atoms with van der Waals surface area (Å²) < 4.78 is 1.69. The minimum absolute atomic E-state index is 0.146. The molecule has 24 heavy (non-hydrogen) atoms. The molecule has 0 bridgehead atoms. The summed E-state index contributed by atoms with van der Waals surface area (Å²) in [5.74, 6) is 0.839. The van der Waals surface area contributed by atoms with Gasteiger partial charge in [0.25, 0.3) is 5.91 Å². The van der Waals surface area contributed by atoms with Crippen molar-refractivity contribution in [2.45, 2.75) is 32.2 Å². The minimum atomic E-state index is -0.146. The molecule has 1 aliphatic heterocycles. The number of hydrogen-bond acceptors (Lipinski definition) is 4. The molecule has 128 valence electrons. The van der Waals surface area contributed by atoms with E-state index in [1.807, 2.05) is 31.3 Å². The second kappa shape index (κ2) is 7.32. The standard InChI is InChI=1S/C17H22ClN5O/c1-3-6-15-20-16(17(24)22(2)12-9-10-19-11-12)21-23(15)14-8-5-4-7-13(14)18/h4-5,7-8,12,19H,3,6,9-11H2,1-2H3. The van der Waals surface area contributed by atoms with Crippen LogP contribution in [0.4, 0.5) is 0 Å². The van der Waals surface area contributed by atoms with Crippen molar-refractivity contribution in [2.75, 3.05) is 20.1 Å². The van der Waals surface area contributed by atoms with E-state index in [-0.39, 0.29) is 17.8 Å². The first-order valence-electron chi connectivity index (χ1n) is 8.30. The second-order valence-electron chi connectivity index (χ2n) is 6.03. The molecule has 1 aromatic carbocycles. The Morgan fingerprint density at radius 2 is 2.25 bits per heavy atom. The lowest BCUT2D eigenvalue weighted by atomic mass is 10.2. The first kappa shape index (κ1) is 16.9. The van der Waals surface area contributed by atoms with Crippen molar-refractivity contribution in [3.05, 3.63) is 40.9 Å². The van der Waals surface area contributed by atoms with Crippen molar-refractivity contribution in [2.24, 2.45) is 0 Å². The fourth-order valence-corrected chi connectivity index (χ4v) is 3.15. The average Bonchev–Trinajstić information content (AvgIpc) is 3.24. The Bertz CT molecular complexity index is 724. The van der Waals surface area contributed by atoms with Crippen LogP contribution in [0.5, 0.6) is 0 Å². The number of para-hydroxylation sites is 1. The lowest BCUT2D eigenvalue weighted by Crippen LogP contribution is -2.38. The fourth-order valence-electron chi connectivity index (χ4n) is 2.93. The van der Waals surface area contributed by atoms with E-state index in [2.05, 4.69) is 22.3 Å². The van der Waals surface area contributed by atoms with Gasteiger partial charge in [-0.25, -0.2) is 9.67 Å². The molecule has 1 aromatic heterocycles. The number of nitrogens with one attached hydrogen (secondary N) is 1. The maximum absolute atomic E-state index is 12.7. The Hall–Kier alpha value is -1.92. The molecule has 2 heterocycles. The van der Waals surface area contributed by atoms with Gasteiger partial charge in [-0.3, -0.25) is 4.79 Å². The quantitative estimate of drug-likeness (QED) is 0.901. The number of halogens is 1. The van der Waals surface area contributed by atoms with Gasteiger partial charge in [-0.1, -0.05) is 30.7 Å². The molecule has 0 spiro atoms. The molecule has 1 aliphatic rings. The van der Waals surface area contributed by atoms with Gasteiger partial charge in [0.15, 0.2) is 0 Å². The highest BCUT2D eigenvalue weighted by Gasteiger charge is 2.27. The summed E-state index contributed by atoms with van der Waals surface area (Å²) in [5.41, 5.74) is 0.749. The summed E-state index contributed by atoms with van der Waals surface area (Å²) in [6.07, 6.45) is 2.61. The van der Waals surface area contributed by atoms with Gasteiger partial charge in [-0.2, -0.15) is 0 Å². The number of benzene rings is 1. The second-order valence-corrected chi connectivity index (χ2v) is 6.43. The first-order chi connectivity index (χ1) is 11.6. The molecule has 1 fully saturated rings. The molecule has 1 saturated heterocycles. The number of amides is 1. The van der Waals surface area contributed by atoms with Gasteiger partial charge in [0.2, 0.25) is 5.82 Å². The summed E-state index contributed by atoms with van der Waals surface area (Å²) in [4.78, 5) is 19.0. The van der Waals surface area contributed by atoms with E-state index in [9.17, 15) is 4.79 Å². The van der Waals surface area contributed by atoms with Gasteiger partial charge in [0.05, 0.1) is 10.7 Å². The predicted octanol–water partition coefficient (Wildman–Crippen LogP) is 2.31. The largest absolute Gasteiger partial charge is 0.335 e. The molecule has 1 unspecified atom stereocenters. The van der Waals surface area contributed by atoms with E-state index >= 15 is 0 Å². The average molecular weight is 348 g/mol. The third-order valence-corrected chi connectivity index (χ3v) is 4.64. The monoisotopic (exact) mass is 347 g/mol. The zero-order chi connectivity index (χ0) is 17.1. The Morgan fingerprint density at radius 3 is 2.92 bits per heavy atom. The van der Waals surface area contributed by atoms with Crippen LogP contribution in [-0.2, 0) is 6.42 Å². The number of carbonyl (C=O) groups excluding carboxylic acids is 1. The summed E-state index contributed by atoms with van der Waals surface area (Å²) in [6, 6.07) is 7.66. The minimum Gasteiger partial charge on any atom is -0.335 e. The van der Waals surface area contributed by atoms with Crippen molar-refractivity contribution < 1.29 is 4.79 Å². The zero-order valence-electron chi connectivity index (χ0n) is 14.0. The highest BCUT2D eigenvalue weighted by atomic mass is 35.5. The third-order valence-electron chi connectivity index (χ3n) is 4.32. The van der Waals surface area contributed by atoms with Crippen LogP contribution in [0.25, 0.3) is 5.69 Å². The van der Waals surface area contributed by atoms with E-state index in [0.29, 0.717) is 5.02 Å². The first-order valence-corrected chi connectivity index (χ1v) is 8.68. The molecule has 1 atom stereocenters. The SMILES string of the molecule is CCCc1nc(C(=O)N(C)C2CCNC2)nn1-c1ccccc1Cl. The summed E-state index contributed by atoms with van der Waals surface area (Å²) in [6.45, 7) is 3.82. The smallest absolute Gasteiger partial charge is 0.293 e. The van der Waals surface area contributed by atoms with Crippen LogP contribution >= 0.6 is 11.6 Å². The molecule has 7 heteroatoms. The van der Waals surface area contributed by atoms with Crippen LogP contribution in [0.1, 0.15) is 36.2 Å². The number of aromatic nitrogens is 3. The predicted molar refractivity (Wildman–Crippen MR) is 93.7 cm³/mol. The van der Waals surface area contributed by atoms with Crippen molar-refractivity contribution >= 4 is 17.5 Å². The molecule has 0 aliphatic carbocycles. The van der Waals surface area contributed by atoms with Crippen molar-refractivity contribution in [3.63, 3.8) is 0 Å². The van der Waals surface area contributed by atoms with Crippen molar-refractivity contribution in [3.8, 4) is 5.69 Å². The molecule has 0 radical (unpaired) electrons. The van der Waals surface area contributed by atoms with Gasteiger partial charge in [0, 0.05) is 26.1 Å². The fraction of sp³-hybridized carbons (Fsp3) is 0.471. The van der Waals surface area contributed by atoms with Crippen LogP contribution in [0.2, 0.25) is 5.02 Å². The lowest BCUT2D eigenvalue weighted by molar-refractivity contribution is 0.0731. The van der Waals surface area contributed by atoms with Crippen LogP contribution < -0.4 is 5.32 Å². The topological polar surface area (TPSA) is 63.1 Å².